The van der Waals surface area contributed by atoms with Crippen molar-refractivity contribution >= 4 is 41.5 Å². The van der Waals surface area contributed by atoms with Gasteiger partial charge in [-0.25, -0.2) is 9.98 Å². The lowest BCUT2D eigenvalue weighted by atomic mass is 10.1. The second-order valence-electron chi connectivity index (χ2n) is 8.36. The molecule has 180 valence electrons. The van der Waals surface area contributed by atoms with E-state index in [1.165, 1.54) is 0 Å². The van der Waals surface area contributed by atoms with Gasteiger partial charge in [0.2, 0.25) is 11.8 Å². The molecule has 0 saturated heterocycles. The van der Waals surface area contributed by atoms with Crippen LogP contribution >= 0.6 is 24.0 Å². The third-order valence-corrected chi connectivity index (χ3v) is 4.37. The number of fused-ring (bicyclic) bond motifs is 1. The molecule has 1 aliphatic rings. The number of nitrogens with zero attached hydrogens (tertiary/aromatic N) is 2. The van der Waals surface area contributed by atoms with Gasteiger partial charge in [-0.2, -0.15) is 0 Å². The summed E-state index contributed by atoms with van der Waals surface area (Å²) in [5, 5.41) is 9.25. The first-order chi connectivity index (χ1) is 15.3. The summed E-state index contributed by atoms with van der Waals surface area (Å²) in [5.41, 5.74) is 1.36. The van der Waals surface area contributed by atoms with Crippen LogP contribution in [0.2, 0.25) is 0 Å². The largest absolute Gasteiger partial charge is 0.490 e. The Morgan fingerprint density at radius 3 is 2.58 bits per heavy atom. The highest BCUT2D eigenvalue weighted by Gasteiger charge is 2.15. The first-order valence-electron chi connectivity index (χ1n) is 10.6. The summed E-state index contributed by atoms with van der Waals surface area (Å²) in [5.74, 6) is 2.27. The van der Waals surface area contributed by atoms with Crippen molar-refractivity contribution in [3.8, 4) is 17.4 Å². The van der Waals surface area contributed by atoms with Gasteiger partial charge in [0.25, 0.3) is 0 Å². The molecule has 2 aromatic rings. The number of nitrogens with one attached hydrogen (secondary N) is 3. The molecule has 10 heteroatoms. The van der Waals surface area contributed by atoms with Gasteiger partial charge >= 0.3 is 0 Å². The standard InChI is InChI=1S/C23H31N5O4.HI/c1-23(2,3)28-20(29)15-26-22(25-14-16-6-9-21(30-4)24-13-16)27-17-7-8-18-19(12-17)32-11-5-10-31-18;/h6-9,12-13H,5,10-11,14-15H2,1-4H3,(H,28,29)(H2,25,26,27);1H. The number of pyridine rings is 1. The zero-order valence-corrected chi connectivity index (χ0v) is 21.8. The third-order valence-electron chi connectivity index (χ3n) is 4.37. The summed E-state index contributed by atoms with van der Waals surface area (Å²) in [6.45, 7) is 7.50. The Hall–Kier alpha value is -2.76. The van der Waals surface area contributed by atoms with E-state index >= 15 is 0 Å². The van der Waals surface area contributed by atoms with E-state index in [9.17, 15) is 4.79 Å². The number of guanidine groups is 1. The van der Waals surface area contributed by atoms with Crippen LogP contribution in [0.15, 0.2) is 41.5 Å². The van der Waals surface area contributed by atoms with Crippen LogP contribution in [-0.2, 0) is 11.3 Å². The molecule has 3 rings (SSSR count). The number of methoxy groups -OCH3 is 1. The number of amides is 1. The molecule has 33 heavy (non-hydrogen) atoms. The number of hydrogen-bond acceptors (Lipinski definition) is 6. The monoisotopic (exact) mass is 569 g/mol. The predicted molar refractivity (Wildman–Crippen MR) is 139 cm³/mol. The molecule has 9 nitrogen and oxygen atoms in total. The summed E-state index contributed by atoms with van der Waals surface area (Å²) in [7, 11) is 1.57. The van der Waals surface area contributed by atoms with Gasteiger partial charge in [0.1, 0.15) is 0 Å². The molecule has 0 spiro atoms. The summed E-state index contributed by atoms with van der Waals surface area (Å²) >= 11 is 0. The van der Waals surface area contributed by atoms with Gasteiger partial charge in [0.05, 0.1) is 33.4 Å². The van der Waals surface area contributed by atoms with Crippen molar-refractivity contribution in [3.05, 3.63) is 42.1 Å². The van der Waals surface area contributed by atoms with E-state index in [1.807, 2.05) is 45.0 Å². The lowest BCUT2D eigenvalue weighted by molar-refractivity contribution is -0.121. The van der Waals surface area contributed by atoms with Crippen LogP contribution in [0.1, 0.15) is 32.8 Å². The minimum atomic E-state index is -0.313. The molecule has 1 amide bonds. The average Bonchev–Trinajstić information content (AvgIpc) is 3.00. The van der Waals surface area contributed by atoms with Gasteiger partial charge in [-0.3, -0.25) is 4.79 Å². The van der Waals surface area contributed by atoms with Crippen molar-refractivity contribution < 1.29 is 19.0 Å². The Labute approximate surface area is 211 Å². The average molecular weight is 569 g/mol. The number of halogens is 1. The van der Waals surface area contributed by atoms with Crippen LogP contribution < -0.4 is 30.2 Å². The van der Waals surface area contributed by atoms with Crippen LogP contribution in [0.4, 0.5) is 5.69 Å². The Bertz CT molecular complexity index is 945. The van der Waals surface area contributed by atoms with Crippen LogP contribution in [0.25, 0.3) is 0 Å². The molecule has 0 saturated carbocycles. The minimum Gasteiger partial charge on any atom is -0.490 e. The molecular formula is C23H32IN5O4. The summed E-state index contributed by atoms with van der Waals surface area (Å²) in [6, 6.07) is 9.29. The van der Waals surface area contributed by atoms with Crippen molar-refractivity contribution in [1.82, 2.24) is 15.6 Å². The van der Waals surface area contributed by atoms with E-state index in [-0.39, 0.29) is 42.0 Å². The van der Waals surface area contributed by atoms with E-state index < -0.39 is 0 Å². The molecule has 1 aliphatic heterocycles. The van der Waals surface area contributed by atoms with Crippen LogP contribution in [0, 0.1) is 0 Å². The van der Waals surface area contributed by atoms with Gasteiger partial charge in [-0.05, 0) is 38.5 Å². The Morgan fingerprint density at radius 2 is 1.91 bits per heavy atom. The number of carbonyl (C=O) groups is 1. The molecule has 0 unspecified atom stereocenters. The van der Waals surface area contributed by atoms with Gasteiger partial charge in [0, 0.05) is 36.0 Å². The topological polar surface area (TPSA) is 106 Å². The first kappa shape index (κ1) is 26.5. The van der Waals surface area contributed by atoms with Crippen molar-refractivity contribution in [2.24, 2.45) is 4.99 Å². The fourth-order valence-electron chi connectivity index (χ4n) is 2.94. The molecule has 0 aliphatic carbocycles. The van der Waals surface area contributed by atoms with Crippen LogP contribution in [-0.4, -0.2) is 49.3 Å². The maximum absolute atomic E-state index is 12.3. The van der Waals surface area contributed by atoms with Gasteiger partial charge in [0.15, 0.2) is 17.5 Å². The molecule has 2 heterocycles. The third kappa shape index (κ3) is 8.95. The number of carbonyl (C=O) groups excluding carboxylic acids is 1. The lowest BCUT2D eigenvalue weighted by Gasteiger charge is -2.21. The molecule has 0 bridgehead atoms. The second-order valence-corrected chi connectivity index (χ2v) is 8.36. The van der Waals surface area contributed by atoms with E-state index in [0.717, 1.165) is 17.7 Å². The molecule has 0 atom stereocenters. The summed E-state index contributed by atoms with van der Waals surface area (Å²) in [6.07, 6.45) is 2.55. The first-order valence-corrected chi connectivity index (χ1v) is 10.6. The van der Waals surface area contributed by atoms with Gasteiger partial charge in [-0.1, -0.05) is 6.07 Å². The normalized spacial score (nSPS) is 13.3. The maximum atomic E-state index is 12.3. The number of rotatable bonds is 6. The second kappa shape index (κ2) is 12.5. The fraction of sp³-hybridized carbons (Fsp3) is 0.435. The summed E-state index contributed by atoms with van der Waals surface area (Å²) in [4.78, 5) is 21.1. The number of benzene rings is 1. The molecule has 0 fully saturated rings. The zero-order chi connectivity index (χ0) is 23.0. The van der Waals surface area contributed by atoms with Gasteiger partial charge in [-0.15, -0.1) is 24.0 Å². The molecule has 3 N–H and O–H groups in total. The van der Waals surface area contributed by atoms with Crippen LogP contribution in [0.3, 0.4) is 0 Å². The van der Waals surface area contributed by atoms with E-state index in [1.54, 1.807) is 19.4 Å². The number of hydrogen-bond donors (Lipinski definition) is 3. The highest BCUT2D eigenvalue weighted by Crippen LogP contribution is 2.32. The predicted octanol–water partition coefficient (Wildman–Crippen LogP) is 3.34. The Kier molecular flexibility index (Phi) is 10.0. The molecule has 1 aromatic heterocycles. The Morgan fingerprint density at radius 1 is 1.15 bits per heavy atom. The summed E-state index contributed by atoms with van der Waals surface area (Å²) < 4.78 is 16.5. The number of aliphatic imine (C=N–C) groups is 1. The molecule has 0 radical (unpaired) electrons. The van der Waals surface area contributed by atoms with Crippen LogP contribution in [0.5, 0.6) is 17.4 Å². The number of ether oxygens (including phenoxy) is 3. The number of anilines is 1. The highest BCUT2D eigenvalue weighted by molar-refractivity contribution is 14.0. The number of aromatic nitrogens is 1. The quantitative estimate of drug-likeness (QED) is 0.279. The Balaban J connectivity index is 0.00000385. The molecule has 1 aromatic carbocycles. The zero-order valence-electron chi connectivity index (χ0n) is 19.4. The van der Waals surface area contributed by atoms with E-state index in [2.05, 4.69) is 25.9 Å². The smallest absolute Gasteiger partial charge is 0.239 e. The highest BCUT2D eigenvalue weighted by atomic mass is 127. The minimum absolute atomic E-state index is 0. The van der Waals surface area contributed by atoms with E-state index in [4.69, 9.17) is 14.2 Å². The lowest BCUT2D eigenvalue weighted by Crippen LogP contribution is -2.46. The van der Waals surface area contributed by atoms with E-state index in [0.29, 0.717) is 43.1 Å². The molecular weight excluding hydrogens is 537 g/mol. The van der Waals surface area contributed by atoms with Gasteiger partial charge < -0.3 is 30.2 Å². The SMILES string of the molecule is COc1ccc(CN=C(NCC(=O)NC(C)(C)C)Nc2ccc3c(c2)OCCCO3)cn1.I. The van der Waals surface area contributed by atoms with Crippen molar-refractivity contribution in [2.75, 3.05) is 32.2 Å². The maximum Gasteiger partial charge on any atom is 0.239 e. The fourth-order valence-corrected chi connectivity index (χ4v) is 2.94. The van der Waals surface area contributed by atoms with Crippen molar-refractivity contribution in [3.63, 3.8) is 0 Å². The van der Waals surface area contributed by atoms with Crippen molar-refractivity contribution in [1.29, 1.82) is 0 Å². The van der Waals surface area contributed by atoms with Crippen molar-refractivity contribution in [2.45, 2.75) is 39.3 Å².